The quantitative estimate of drug-likeness (QED) is 0.560. The summed E-state index contributed by atoms with van der Waals surface area (Å²) in [7, 11) is 1.60. The molecule has 1 aromatic carbocycles. The highest BCUT2D eigenvalue weighted by Gasteiger charge is 2.10. The SMILES string of the molecule is CC.CC.CC.COc1c(C)cc(Cl)c(C)c1Cl. The largest absolute Gasteiger partial charge is 0.495 e. The van der Waals surface area contributed by atoms with Crippen LogP contribution in [0.3, 0.4) is 0 Å². The summed E-state index contributed by atoms with van der Waals surface area (Å²) in [5.74, 6) is 0.707. The van der Waals surface area contributed by atoms with Gasteiger partial charge in [0.2, 0.25) is 0 Å². The molecule has 0 N–H and O–H groups in total. The average Bonchev–Trinajstić information content (AvgIpc) is 2.43. The second-order valence-electron chi connectivity index (χ2n) is 2.65. The van der Waals surface area contributed by atoms with Gasteiger partial charge in [-0.3, -0.25) is 0 Å². The Morgan fingerprint density at radius 2 is 1.28 bits per heavy atom. The molecule has 0 saturated heterocycles. The number of ether oxygens (including phenoxy) is 1. The summed E-state index contributed by atoms with van der Waals surface area (Å²) in [6.07, 6.45) is 0. The third-order valence-corrected chi connectivity index (χ3v) is 2.64. The van der Waals surface area contributed by atoms with Gasteiger partial charge in [-0.05, 0) is 31.0 Å². The molecule has 0 aliphatic rings. The Morgan fingerprint density at radius 3 is 1.61 bits per heavy atom. The second kappa shape index (κ2) is 14.7. The van der Waals surface area contributed by atoms with Gasteiger partial charge >= 0.3 is 0 Å². The van der Waals surface area contributed by atoms with Crippen LogP contribution in [-0.4, -0.2) is 7.11 Å². The van der Waals surface area contributed by atoms with E-state index in [1.54, 1.807) is 7.11 Å². The fourth-order valence-electron chi connectivity index (χ4n) is 1.06. The van der Waals surface area contributed by atoms with Gasteiger partial charge in [0.15, 0.2) is 0 Å². The number of halogens is 2. The number of hydrogen-bond donors (Lipinski definition) is 0. The minimum Gasteiger partial charge on any atom is -0.495 e. The van der Waals surface area contributed by atoms with E-state index >= 15 is 0 Å². The Bertz CT molecular complexity index is 310. The zero-order valence-corrected chi connectivity index (χ0v) is 14.8. The molecule has 0 saturated carbocycles. The Kier molecular flexibility index (Phi) is 18.5. The first-order valence-corrected chi connectivity index (χ1v) is 7.32. The lowest BCUT2D eigenvalue weighted by molar-refractivity contribution is 0.411. The maximum absolute atomic E-state index is 5.99. The minimum atomic E-state index is 0.600. The Morgan fingerprint density at radius 1 is 0.889 bits per heavy atom. The zero-order valence-electron chi connectivity index (χ0n) is 13.2. The van der Waals surface area contributed by atoms with Crippen molar-refractivity contribution in [2.75, 3.05) is 7.11 Å². The molecule has 0 aliphatic carbocycles. The zero-order chi connectivity index (χ0) is 15.3. The molecule has 0 fully saturated rings. The highest BCUT2D eigenvalue weighted by Crippen LogP contribution is 2.35. The Labute approximate surface area is 123 Å². The van der Waals surface area contributed by atoms with Gasteiger partial charge in [-0.25, -0.2) is 0 Å². The van der Waals surface area contributed by atoms with Crippen molar-refractivity contribution < 1.29 is 4.74 Å². The molecule has 0 amide bonds. The number of hydrogen-bond acceptors (Lipinski definition) is 1. The lowest BCUT2D eigenvalue weighted by atomic mass is 10.1. The van der Waals surface area contributed by atoms with E-state index in [4.69, 9.17) is 27.9 Å². The Balaban J connectivity index is -0.000000328. The third-order valence-electron chi connectivity index (χ3n) is 1.79. The highest BCUT2D eigenvalue weighted by atomic mass is 35.5. The number of benzene rings is 1. The van der Waals surface area contributed by atoms with Crippen LogP contribution in [0.1, 0.15) is 52.7 Å². The molecule has 3 heteroatoms. The van der Waals surface area contributed by atoms with Crippen LogP contribution in [0.2, 0.25) is 10.0 Å². The predicted molar refractivity (Wildman–Crippen MR) is 86.5 cm³/mol. The molecule has 108 valence electrons. The van der Waals surface area contributed by atoms with Crippen molar-refractivity contribution in [3.05, 3.63) is 27.2 Å². The van der Waals surface area contributed by atoms with Gasteiger partial charge in [0.05, 0.1) is 12.1 Å². The molecule has 0 heterocycles. The van der Waals surface area contributed by atoms with Crippen LogP contribution in [0, 0.1) is 13.8 Å². The molecule has 1 aromatic rings. The smallest absolute Gasteiger partial charge is 0.140 e. The summed E-state index contributed by atoms with van der Waals surface area (Å²) in [5, 5.41) is 1.28. The molecular weight excluding hydrogens is 267 g/mol. The van der Waals surface area contributed by atoms with Crippen molar-refractivity contribution in [2.24, 2.45) is 0 Å². The van der Waals surface area contributed by atoms with Crippen LogP contribution in [-0.2, 0) is 0 Å². The van der Waals surface area contributed by atoms with Crippen LogP contribution < -0.4 is 4.74 Å². The van der Waals surface area contributed by atoms with Crippen molar-refractivity contribution in [1.82, 2.24) is 0 Å². The van der Waals surface area contributed by atoms with E-state index in [0.717, 1.165) is 11.1 Å². The number of methoxy groups -OCH3 is 1. The first kappa shape index (κ1) is 22.8. The summed E-state index contributed by atoms with van der Waals surface area (Å²) >= 11 is 11.9. The van der Waals surface area contributed by atoms with Crippen molar-refractivity contribution in [3.8, 4) is 5.75 Å². The third kappa shape index (κ3) is 7.13. The maximum Gasteiger partial charge on any atom is 0.140 e. The predicted octanol–water partition coefficient (Wildman–Crippen LogP) is 6.70. The van der Waals surface area contributed by atoms with Crippen molar-refractivity contribution in [3.63, 3.8) is 0 Å². The van der Waals surface area contributed by atoms with Gasteiger partial charge in [0.25, 0.3) is 0 Å². The molecule has 0 bridgehead atoms. The summed E-state index contributed by atoms with van der Waals surface area (Å²) in [4.78, 5) is 0. The highest BCUT2D eigenvalue weighted by molar-refractivity contribution is 6.37. The van der Waals surface area contributed by atoms with E-state index in [-0.39, 0.29) is 0 Å². The fourth-order valence-corrected chi connectivity index (χ4v) is 1.70. The van der Waals surface area contributed by atoms with E-state index < -0.39 is 0 Å². The van der Waals surface area contributed by atoms with Gasteiger partial charge in [0, 0.05) is 5.02 Å². The van der Waals surface area contributed by atoms with Crippen LogP contribution in [0.25, 0.3) is 0 Å². The molecular formula is C15H28Cl2O. The molecule has 1 rings (SSSR count). The van der Waals surface area contributed by atoms with E-state index in [2.05, 4.69) is 0 Å². The normalized spacial score (nSPS) is 7.72. The summed E-state index contributed by atoms with van der Waals surface area (Å²) < 4.78 is 5.12. The average molecular weight is 295 g/mol. The summed E-state index contributed by atoms with van der Waals surface area (Å²) in [5.41, 5.74) is 1.82. The second-order valence-corrected chi connectivity index (χ2v) is 3.43. The van der Waals surface area contributed by atoms with Crippen LogP contribution in [0.4, 0.5) is 0 Å². The lowest BCUT2D eigenvalue weighted by Crippen LogP contribution is -1.91. The fraction of sp³-hybridized carbons (Fsp3) is 0.600. The molecule has 0 spiro atoms. The molecule has 0 atom stereocenters. The minimum absolute atomic E-state index is 0.600. The standard InChI is InChI=1S/C9H10Cl2O.3C2H6/c1-5-4-7(10)6(2)8(11)9(5)12-3;3*1-2/h4H,1-3H3;3*1-2H3. The molecule has 0 aromatic heterocycles. The van der Waals surface area contributed by atoms with Crippen LogP contribution >= 0.6 is 23.2 Å². The summed E-state index contributed by atoms with van der Waals surface area (Å²) in [6.45, 7) is 15.8. The van der Waals surface area contributed by atoms with Gasteiger partial charge in [-0.15, -0.1) is 0 Å². The molecule has 0 radical (unpaired) electrons. The maximum atomic E-state index is 5.99. The summed E-state index contributed by atoms with van der Waals surface area (Å²) in [6, 6.07) is 1.85. The van der Waals surface area contributed by atoms with Crippen LogP contribution in [0.15, 0.2) is 6.07 Å². The van der Waals surface area contributed by atoms with Crippen molar-refractivity contribution in [1.29, 1.82) is 0 Å². The monoisotopic (exact) mass is 294 g/mol. The topological polar surface area (TPSA) is 9.23 Å². The Hall–Kier alpha value is -0.400. The molecule has 1 nitrogen and oxygen atoms in total. The van der Waals surface area contributed by atoms with Crippen LogP contribution in [0.5, 0.6) is 5.75 Å². The van der Waals surface area contributed by atoms with Crippen molar-refractivity contribution >= 4 is 23.2 Å². The molecule has 18 heavy (non-hydrogen) atoms. The molecule has 0 unspecified atom stereocenters. The first-order valence-electron chi connectivity index (χ1n) is 6.57. The van der Waals surface area contributed by atoms with E-state index in [1.165, 1.54) is 0 Å². The van der Waals surface area contributed by atoms with Crippen molar-refractivity contribution in [2.45, 2.75) is 55.4 Å². The van der Waals surface area contributed by atoms with Gasteiger partial charge in [-0.1, -0.05) is 64.7 Å². The first-order chi connectivity index (χ1) is 8.57. The van der Waals surface area contributed by atoms with Gasteiger partial charge < -0.3 is 4.74 Å². The van der Waals surface area contributed by atoms with E-state index in [0.29, 0.717) is 15.8 Å². The van der Waals surface area contributed by atoms with Gasteiger partial charge in [0.1, 0.15) is 5.75 Å². The number of rotatable bonds is 1. The molecule has 0 aliphatic heterocycles. The van der Waals surface area contributed by atoms with Gasteiger partial charge in [-0.2, -0.15) is 0 Å². The number of aryl methyl sites for hydroxylation is 1. The van der Waals surface area contributed by atoms with E-state index in [9.17, 15) is 0 Å². The lowest BCUT2D eigenvalue weighted by Gasteiger charge is -2.10. The van der Waals surface area contributed by atoms with E-state index in [1.807, 2.05) is 61.5 Å².